The van der Waals surface area contributed by atoms with Gasteiger partial charge >= 0.3 is 5.97 Å². The normalized spacial score (nSPS) is 11.6. The molecular formula is C16H18N2O5S. The molecule has 0 aliphatic heterocycles. The molecule has 2 rings (SSSR count). The predicted octanol–water partition coefficient (Wildman–Crippen LogP) is 2.32. The van der Waals surface area contributed by atoms with E-state index in [2.05, 4.69) is 10.3 Å². The summed E-state index contributed by atoms with van der Waals surface area (Å²) < 4.78 is 10.9. The lowest BCUT2D eigenvalue weighted by Crippen LogP contribution is -2.34. The van der Waals surface area contributed by atoms with Gasteiger partial charge in [-0.2, -0.15) is 0 Å². The van der Waals surface area contributed by atoms with Crippen molar-refractivity contribution < 1.29 is 24.2 Å². The molecule has 2 N–H and O–H groups in total. The highest BCUT2D eigenvalue weighted by atomic mass is 32.1. The molecule has 7 nitrogen and oxygen atoms in total. The van der Waals surface area contributed by atoms with Crippen LogP contribution in [0, 0.1) is 0 Å². The standard InChI is InChI=1S/C16H18N2O5S/c1-10(5-15(19)20)18-16(21)11-3-4-13(14(6-11)22-2)23-7-12-8-24-9-17-12/h3-4,6,8-10H,5,7H2,1-2H3,(H,18,21)(H,19,20). The van der Waals surface area contributed by atoms with Crippen LogP contribution in [0.1, 0.15) is 29.4 Å². The molecule has 1 aromatic carbocycles. The Balaban J connectivity index is 2.04. The van der Waals surface area contributed by atoms with E-state index in [1.165, 1.54) is 18.4 Å². The third-order valence-corrected chi connectivity index (χ3v) is 3.78. The Labute approximate surface area is 143 Å². The topological polar surface area (TPSA) is 97.8 Å². The van der Waals surface area contributed by atoms with Crippen molar-refractivity contribution in [1.82, 2.24) is 10.3 Å². The number of carbonyl (C=O) groups is 2. The number of rotatable bonds is 8. The monoisotopic (exact) mass is 350 g/mol. The first-order valence-corrected chi connectivity index (χ1v) is 8.14. The van der Waals surface area contributed by atoms with Gasteiger partial charge in [-0.1, -0.05) is 0 Å². The maximum absolute atomic E-state index is 12.2. The first kappa shape index (κ1) is 17.7. The van der Waals surface area contributed by atoms with Crippen molar-refractivity contribution >= 4 is 23.2 Å². The number of aromatic nitrogens is 1. The average molecular weight is 350 g/mol. The number of amides is 1. The Hall–Kier alpha value is -2.61. The average Bonchev–Trinajstić information content (AvgIpc) is 3.05. The summed E-state index contributed by atoms with van der Waals surface area (Å²) in [6, 6.07) is 4.32. The van der Waals surface area contributed by atoms with Crippen LogP contribution in [-0.2, 0) is 11.4 Å². The van der Waals surface area contributed by atoms with E-state index in [1.807, 2.05) is 5.38 Å². The smallest absolute Gasteiger partial charge is 0.305 e. The molecule has 0 aliphatic rings. The molecule has 0 radical (unpaired) electrons. The second kappa shape index (κ2) is 8.30. The zero-order valence-corrected chi connectivity index (χ0v) is 14.1. The third kappa shape index (κ3) is 4.95. The third-order valence-electron chi connectivity index (χ3n) is 3.14. The fourth-order valence-corrected chi connectivity index (χ4v) is 2.55. The minimum atomic E-state index is -0.967. The van der Waals surface area contributed by atoms with E-state index in [0.29, 0.717) is 23.7 Å². The number of benzene rings is 1. The van der Waals surface area contributed by atoms with Crippen LogP contribution >= 0.6 is 11.3 Å². The van der Waals surface area contributed by atoms with E-state index in [1.54, 1.807) is 30.6 Å². The number of ether oxygens (including phenoxy) is 2. The minimum absolute atomic E-state index is 0.141. The van der Waals surface area contributed by atoms with Crippen molar-refractivity contribution in [2.45, 2.75) is 26.0 Å². The van der Waals surface area contributed by atoms with Crippen LogP contribution in [0.2, 0.25) is 0 Å². The number of methoxy groups -OCH3 is 1. The number of carboxylic acid groups (broad SMARTS) is 1. The molecule has 1 heterocycles. The highest BCUT2D eigenvalue weighted by molar-refractivity contribution is 7.07. The van der Waals surface area contributed by atoms with Crippen LogP contribution in [0.3, 0.4) is 0 Å². The van der Waals surface area contributed by atoms with Crippen LogP contribution < -0.4 is 14.8 Å². The van der Waals surface area contributed by atoms with Gasteiger partial charge in [0.1, 0.15) is 6.61 Å². The molecule has 1 amide bonds. The van der Waals surface area contributed by atoms with Crippen LogP contribution in [0.4, 0.5) is 0 Å². The SMILES string of the molecule is COc1cc(C(=O)NC(C)CC(=O)O)ccc1OCc1cscn1. The second-order valence-corrected chi connectivity index (χ2v) is 5.83. The van der Waals surface area contributed by atoms with Crippen LogP contribution in [0.15, 0.2) is 29.1 Å². The predicted molar refractivity (Wildman–Crippen MR) is 88.6 cm³/mol. The lowest BCUT2D eigenvalue weighted by Gasteiger charge is -2.14. The van der Waals surface area contributed by atoms with Crippen LogP contribution in [0.5, 0.6) is 11.5 Å². The van der Waals surface area contributed by atoms with Gasteiger partial charge in [0.05, 0.1) is 24.7 Å². The van der Waals surface area contributed by atoms with Gasteiger partial charge in [0.15, 0.2) is 11.5 Å². The Morgan fingerprint density at radius 3 is 2.79 bits per heavy atom. The molecule has 0 saturated carbocycles. The highest BCUT2D eigenvalue weighted by Gasteiger charge is 2.15. The zero-order chi connectivity index (χ0) is 17.5. The van der Waals surface area contributed by atoms with E-state index in [9.17, 15) is 9.59 Å². The molecule has 1 unspecified atom stereocenters. The van der Waals surface area contributed by atoms with Gasteiger partial charge in [-0.3, -0.25) is 9.59 Å². The second-order valence-electron chi connectivity index (χ2n) is 5.11. The summed E-state index contributed by atoms with van der Waals surface area (Å²) in [6.07, 6.45) is -0.141. The quantitative estimate of drug-likeness (QED) is 0.758. The number of aliphatic carboxylic acids is 1. The number of thiazole rings is 1. The molecule has 0 bridgehead atoms. The highest BCUT2D eigenvalue weighted by Crippen LogP contribution is 2.28. The summed E-state index contributed by atoms with van der Waals surface area (Å²) in [4.78, 5) is 26.9. The summed E-state index contributed by atoms with van der Waals surface area (Å²) >= 11 is 1.48. The van der Waals surface area contributed by atoms with Gasteiger partial charge in [-0.25, -0.2) is 4.98 Å². The van der Waals surface area contributed by atoms with Gasteiger partial charge < -0.3 is 19.9 Å². The number of carboxylic acids is 1. The molecule has 0 spiro atoms. The van der Waals surface area contributed by atoms with Crippen molar-refractivity contribution in [3.8, 4) is 11.5 Å². The van der Waals surface area contributed by atoms with Gasteiger partial charge in [-0.05, 0) is 25.1 Å². The Bertz CT molecular complexity index is 702. The molecule has 0 fully saturated rings. The van der Waals surface area contributed by atoms with Gasteiger partial charge in [0.25, 0.3) is 5.91 Å². The molecule has 24 heavy (non-hydrogen) atoms. The van der Waals surface area contributed by atoms with Crippen molar-refractivity contribution in [1.29, 1.82) is 0 Å². The number of hydrogen-bond donors (Lipinski definition) is 2. The summed E-state index contributed by atoms with van der Waals surface area (Å²) in [7, 11) is 1.49. The van der Waals surface area contributed by atoms with E-state index >= 15 is 0 Å². The first-order chi connectivity index (χ1) is 11.5. The molecule has 0 aliphatic carbocycles. The van der Waals surface area contributed by atoms with E-state index in [-0.39, 0.29) is 12.3 Å². The zero-order valence-electron chi connectivity index (χ0n) is 13.3. The maximum Gasteiger partial charge on any atom is 0.305 e. The number of nitrogens with one attached hydrogen (secondary N) is 1. The van der Waals surface area contributed by atoms with E-state index in [0.717, 1.165) is 5.69 Å². The number of nitrogens with zero attached hydrogens (tertiary/aromatic N) is 1. The van der Waals surface area contributed by atoms with Crippen molar-refractivity contribution in [2.24, 2.45) is 0 Å². The summed E-state index contributed by atoms with van der Waals surface area (Å²) in [5.74, 6) is -0.413. The fraction of sp³-hybridized carbons (Fsp3) is 0.312. The molecule has 2 aromatic rings. The largest absolute Gasteiger partial charge is 0.493 e. The number of hydrogen-bond acceptors (Lipinski definition) is 6. The van der Waals surface area contributed by atoms with Crippen molar-refractivity contribution in [2.75, 3.05) is 7.11 Å². The fourth-order valence-electron chi connectivity index (χ4n) is 2.01. The van der Waals surface area contributed by atoms with Crippen LogP contribution in [0.25, 0.3) is 0 Å². The molecule has 1 atom stereocenters. The maximum atomic E-state index is 12.2. The summed E-state index contributed by atoms with van der Waals surface area (Å²) in [5, 5.41) is 13.2. The summed E-state index contributed by atoms with van der Waals surface area (Å²) in [6.45, 7) is 1.94. The molecule has 1 aromatic heterocycles. The molecule has 0 saturated heterocycles. The van der Waals surface area contributed by atoms with Gasteiger partial charge in [0.2, 0.25) is 0 Å². The van der Waals surface area contributed by atoms with Gasteiger partial charge in [0, 0.05) is 17.0 Å². The van der Waals surface area contributed by atoms with E-state index < -0.39 is 12.0 Å². The lowest BCUT2D eigenvalue weighted by atomic mass is 10.1. The lowest BCUT2D eigenvalue weighted by molar-refractivity contribution is -0.137. The van der Waals surface area contributed by atoms with Crippen LogP contribution in [-0.4, -0.2) is 35.1 Å². The minimum Gasteiger partial charge on any atom is -0.493 e. The Morgan fingerprint density at radius 2 is 2.17 bits per heavy atom. The first-order valence-electron chi connectivity index (χ1n) is 7.20. The molecular weight excluding hydrogens is 332 g/mol. The van der Waals surface area contributed by atoms with Gasteiger partial charge in [-0.15, -0.1) is 11.3 Å². The molecule has 8 heteroatoms. The number of carbonyl (C=O) groups excluding carboxylic acids is 1. The van der Waals surface area contributed by atoms with E-state index in [4.69, 9.17) is 14.6 Å². The van der Waals surface area contributed by atoms with Crippen molar-refractivity contribution in [3.63, 3.8) is 0 Å². The summed E-state index contributed by atoms with van der Waals surface area (Å²) in [5.41, 5.74) is 2.90. The Kier molecular flexibility index (Phi) is 6.14. The Morgan fingerprint density at radius 1 is 1.38 bits per heavy atom. The van der Waals surface area contributed by atoms with Crippen molar-refractivity contribution in [3.05, 3.63) is 40.3 Å². The molecule has 128 valence electrons.